The minimum absolute atomic E-state index is 0.288. The number of carboxylic acid groups (broad SMARTS) is 1. The average molecular weight is 273 g/mol. The van der Waals surface area contributed by atoms with E-state index in [1.54, 1.807) is 18.3 Å². The van der Waals surface area contributed by atoms with Gasteiger partial charge >= 0.3 is 5.97 Å². The van der Waals surface area contributed by atoms with Gasteiger partial charge < -0.3 is 14.4 Å². The van der Waals surface area contributed by atoms with Crippen molar-refractivity contribution in [2.75, 3.05) is 13.6 Å². The third-order valence-electron chi connectivity index (χ3n) is 4.11. The van der Waals surface area contributed by atoms with Gasteiger partial charge in [0.05, 0.1) is 11.3 Å². The summed E-state index contributed by atoms with van der Waals surface area (Å²) < 4.78 is 1.81. The van der Waals surface area contributed by atoms with Gasteiger partial charge in [0.1, 0.15) is 5.65 Å². The number of fused-ring (bicyclic) bond motifs is 1. The number of hydrogen-bond acceptors (Lipinski definition) is 3. The molecule has 20 heavy (non-hydrogen) atoms. The van der Waals surface area contributed by atoms with Crippen molar-refractivity contribution in [1.29, 1.82) is 0 Å². The lowest BCUT2D eigenvalue weighted by Gasteiger charge is -2.31. The molecular weight excluding hydrogens is 254 g/mol. The van der Waals surface area contributed by atoms with Crippen molar-refractivity contribution in [3.05, 3.63) is 35.8 Å². The highest BCUT2D eigenvalue weighted by molar-refractivity contribution is 5.87. The number of likely N-dealkylation sites (tertiary alicyclic amines) is 1. The van der Waals surface area contributed by atoms with E-state index in [1.165, 1.54) is 19.3 Å². The van der Waals surface area contributed by atoms with Gasteiger partial charge in [-0.15, -0.1) is 0 Å². The molecule has 1 atom stereocenters. The Hall–Kier alpha value is -1.88. The van der Waals surface area contributed by atoms with Crippen LogP contribution in [-0.2, 0) is 6.42 Å². The molecular formula is C15H19N3O2. The van der Waals surface area contributed by atoms with Crippen LogP contribution in [0.1, 0.15) is 35.3 Å². The van der Waals surface area contributed by atoms with Crippen LogP contribution in [0.2, 0.25) is 0 Å². The molecule has 3 rings (SSSR count). The third-order valence-corrected chi connectivity index (χ3v) is 4.11. The lowest BCUT2D eigenvalue weighted by molar-refractivity contribution is 0.0696. The summed E-state index contributed by atoms with van der Waals surface area (Å²) in [6, 6.07) is 3.91. The maximum atomic E-state index is 11.0. The van der Waals surface area contributed by atoms with E-state index < -0.39 is 5.97 Å². The lowest BCUT2D eigenvalue weighted by atomic mass is 9.99. The van der Waals surface area contributed by atoms with Crippen LogP contribution >= 0.6 is 0 Å². The summed E-state index contributed by atoms with van der Waals surface area (Å²) in [5.74, 6) is -0.908. The molecule has 1 N–H and O–H groups in total. The van der Waals surface area contributed by atoms with Crippen LogP contribution in [0.25, 0.3) is 5.65 Å². The standard InChI is InChI=1S/C15H19N3O2/c1-17-7-3-2-4-13(17)8-12-10-18-9-11(15(19)20)5-6-14(18)16-12/h5-6,9-10,13H,2-4,7-8H2,1H3,(H,19,20). The molecule has 5 heteroatoms. The van der Waals surface area contributed by atoms with Crippen LogP contribution in [-0.4, -0.2) is 45.0 Å². The lowest BCUT2D eigenvalue weighted by Crippen LogP contribution is -2.37. The largest absolute Gasteiger partial charge is 0.478 e. The summed E-state index contributed by atoms with van der Waals surface area (Å²) >= 11 is 0. The maximum absolute atomic E-state index is 11.0. The van der Waals surface area contributed by atoms with Crippen molar-refractivity contribution in [1.82, 2.24) is 14.3 Å². The van der Waals surface area contributed by atoms with Gasteiger partial charge in [-0.1, -0.05) is 6.42 Å². The summed E-state index contributed by atoms with van der Waals surface area (Å²) in [6.07, 6.45) is 8.28. The highest BCUT2D eigenvalue weighted by Gasteiger charge is 2.20. The molecule has 1 aliphatic rings. The highest BCUT2D eigenvalue weighted by Crippen LogP contribution is 2.19. The molecule has 1 saturated heterocycles. The van der Waals surface area contributed by atoms with Gasteiger partial charge in [-0.25, -0.2) is 9.78 Å². The molecule has 5 nitrogen and oxygen atoms in total. The molecule has 0 saturated carbocycles. The molecule has 2 aromatic heterocycles. The van der Waals surface area contributed by atoms with Crippen molar-refractivity contribution in [2.45, 2.75) is 31.7 Å². The quantitative estimate of drug-likeness (QED) is 0.930. The first-order valence-corrected chi connectivity index (χ1v) is 7.04. The zero-order valence-corrected chi connectivity index (χ0v) is 11.6. The van der Waals surface area contributed by atoms with Crippen molar-refractivity contribution >= 4 is 11.6 Å². The van der Waals surface area contributed by atoms with Crippen molar-refractivity contribution in [2.24, 2.45) is 0 Å². The monoisotopic (exact) mass is 273 g/mol. The van der Waals surface area contributed by atoms with E-state index in [0.717, 1.165) is 24.3 Å². The Labute approximate surface area is 117 Å². The molecule has 1 fully saturated rings. The number of nitrogens with zero attached hydrogens (tertiary/aromatic N) is 3. The SMILES string of the molecule is CN1CCCCC1Cc1cn2cc(C(=O)O)ccc2n1. The number of carbonyl (C=O) groups is 1. The van der Waals surface area contributed by atoms with Gasteiger partial charge in [-0.05, 0) is 38.6 Å². The second-order valence-corrected chi connectivity index (χ2v) is 5.55. The van der Waals surface area contributed by atoms with Crippen LogP contribution in [0, 0.1) is 0 Å². The number of hydrogen-bond donors (Lipinski definition) is 1. The molecule has 106 valence electrons. The van der Waals surface area contributed by atoms with Crippen molar-refractivity contribution < 1.29 is 9.90 Å². The Balaban J connectivity index is 1.83. The third kappa shape index (κ3) is 2.54. The van der Waals surface area contributed by atoms with Crippen LogP contribution < -0.4 is 0 Å². The fraction of sp³-hybridized carbons (Fsp3) is 0.467. The first-order valence-electron chi connectivity index (χ1n) is 7.04. The van der Waals surface area contributed by atoms with E-state index in [2.05, 4.69) is 16.9 Å². The van der Waals surface area contributed by atoms with Gasteiger partial charge in [0.15, 0.2) is 0 Å². The first kappa shape index (κ1) is 13.1. The molecule has 0 aromatic carbocycles. The number of aromatic nitrogens is 2. The topological polar surface area (TPSA) is 57.8 Å². The van der Waals surface area contributed by atoms with Gasteiger partial charge in [0.25, 0.3) is 0 Å². The van der Waals surface area contributed by atoms with Gasteiger partial charge in [0.2, 0.25) is 0 Å². The summed E-state index contributed by atoms with van der Waals surface area (Å²) in [4.78, 5) is 18.0. The minimum Gasteiger partial charge on any atom is -0.478 e. The molecule has 0 aliphatic carbocycles. The Morgan fingerprint density at radius 2 is 2.25 bits per heavy atom. The zero-order chi connectivity index (χ0) is 14.1. The van der Waals surface area contributed by atoms with Crippen molar-refractivity contribution in [3.63, 3.8) is 0 Å². The van der Waals surface area contributed by atoms with E-state index in [0.29, 0.717) is 6.04 Å². The number of pyridine rings is 1. The number of likely N-dealkylation sites (N-methyl/N-ethyl adjacent to an activating group) is 1. The Morgan fingerprint density at radius 3 is 3.00 bits per heavy atom. The fourth-order valence-corrected chi connectivity index (χ4v) is 2.91. The van der Waals surface area contributed by atoms with E-state index in [-0.39, 0.29) is 5.56 Å². The van der Waals surface area contributed by atoms with E-state index in [4.69, 9.17) is 5.11 Å². The average Bonchev–Trinajstić information content (AvgIpc) is 2.82. The summed E-state index contributed by atoms with van der Waals surface area (Å²) in [5.41, 5.74) is 2.13. The molecule has 1 aliphatic heterocycles. The number of aromatic carboxylic acids is 1. The summed E-state index contributed by atoms with van der Waals surface area (Å²) in [7, 11) is 2.17. The van der Waals surface area contributed by atoms with Crippen molar-refractivity contribution in [3.8, 4) is 0 Å². The van der Waals surface area contributed by atoms with Crippen LogP contribution in [0.3, 0.4) is 0 Å². The highest BCUT2D eigenvalue weighted by atomic mass is 16.4. The number of imidazole rings is 1. The van der Waals surface area contributed by atoms with Gasteiger partial charge in [0, 0.05) is 24.9 Å². The Kier molecular flexibility index (Phi) is 3.44. The number of piperidine rings is 1. The molecule has 0 radical (unpaired) electrons. The van der Waals surface area contributed by atoms with E-state index in [9.17, 15) is 4.79 Å². The van der Waals surface area contributed by atoms with Crippen LogP contribution in [0.5, 0.6) is 0 Å². The Bertz CT molecular complexity index is 635. The van der Waals surface area contributed by atoms with E-state index in [1.807, 2.05) is 10.6 Å². The predicted octanol–water partition coefficient (Wildman–Crippen LogP) is 2.06. The molecule has 2 aromatic rings. The first-order chi connectivity index (χ1) is 9.63. The summed E-state index contributed by atoms with van der Waals surface area (Å²) in [6.45, 7) is 1.15. The zero-order valence-electron chi connectivity index (χ0n) is 11.6. The molecule has 1 unspecified atom stereocenters. The predicted molar refractivity (Wildman–Crippen MR) is 76.1 cm³/mol. The second-order valence-electron chi connectivity index (χ2n) is 5.55. The number of carboxylic acids is 1. The van der Waals surface area contributed by atoms with Crippen LogP contribution in [0.4, 0.5) is 0 Å². The fourth-order valence-electron chi connectivity index (χ4n) is 2.91. The molecule has 0 bridgehead atoms. The minimum atomic E-state index is -0.908. The smallest absolute Gasteiger partial charge is 0.337 e. The maximum Gasteiger partial charge on any atom is 0.337 e. The molecule has 3 heterocycles. The molecule has 0 amide bonds. The normalized spacial score (nSPS) is 20.4. The number of rotatable bonds is 3. The van der Waals surface area contributed by atoms with Crippen LogP contribution in [0.15, 0.2) is 24.5 Å². The van der Waals surface area contributed by atoms with Gasteiger partial charge in [-0.2, -0.15) is 0 Å². The Morgan fingerprint density at radius 1 is 1.40 bits per heavy atom. The van der Waals surface area contributed by atoms with Gasteiger partial charge in [-0.3, -0.25) is 0 Å². The summed E-state index contributed by atoms with van der Waals surface area (Å²) in [5, 5.41) is 9.01. The molecule has 0 spiro atoms. The van der Waals surface area contributed by atoms with E-state index >= 15 is 0 Å². The second kappa shape index (κ2) is 5.25.